The molecule has 3 aromatic rings. The van der Waals surface area contributed by atoms with Crippen molar-refractivity contribution in [3.63, 3.8) is 0 Å². The molecule has 0 fully saturated rings. The van der Waals surface area contributed by atoms with Gasteiger partial charge in [0, 0.05) is 22.8 Å². The van der Waals surface area contributed by atoms with E-state index in [-0.39, 0.29) is 17.9 Å². The molecule has 0 aliphatic heterocycles. The molecular formula is C21H17N3O5. The molecule has 1 N–H and O–H groups in total. The van der Waals surface area contributed by atoms with E-state index in [1.165, 1.54) is 25.3 Å². The molecule has 0 bridgehead atoms. The molecule has 0 saturated heterocycles. The first kappa shape index (κ1) is 19.7. The van der Waals surface area contributed by atoms with Gasteiger partial charge >= 0.3 is 0 Å². The summed E-state index contributed by atoms with van der Waals surface area (Å²) in [5, 5.41) is 14.8. The maximum absolute atomic E-state index is 12.0. The fourth-order valence-electron chi connectivity index (χ4n) is 2.67. The summed E-state index contributed by atoms with van der Waals surface area (Å²) in [5.74, 6) is 0.511. The predicted molar refractivity (Wildman–Crippen MR) is 107 cm³/mol. The van der Waals surface area contributed by atoms with Crippen LogP contribution in [0.1, 0.15) is 28.6 Å². The Kier molecular flexibility index (Phi) is 5.94. The Hall–Kier alpha value is -4.07. The predicted octanol–water partition coefficient (Wildman–Crippen LogP) is 3.75. The summed E-state index contributed by atoms with van der Waals surface area (Å²) in [6.07, 6.45) is 1.17. The normalized spacial score (nSPS) is 10.8. The molecule has 0 radical (unpaired) electrons. The van der Waals surface area contributed by atoms with Crippen molar-refractivity contribution in [1.29, 1.82) is 0 Å². The Bertz CT molecular complexity index is 1080. The molecular weight excluding hydrogens is 374 g/mol. The SMILES string of the molecule is CC(=O)c1ccc(-c2ccc(C=NNC(=O)Cc3ccccc3[N+](=O)[O-])o2)cc1. The lowest BCUT2D eigenvalue weighted by atomic mass is 10.1. The molecule has 3 rings (SSSR count). The van der Waals surface area contributed by atoms with Gasteiger partial charge in [-0.25, -0.2) is 5.43 Å². The standard InChI is InChI=1S/C21H17N3O5/c1-14(25)15-6-8-16(9-7-15)20-11-10-18(29-20)13-22-23-21(26)12-17-4-2-3-5-19(17)24(27)28/h2-11,13H,12H2,1H3,(H,23,26). The van der Waals surface area contributed by atoms with Crippen LogP contribution in [0.5, 0.6) is 0 Å². The summed E-state index contributed by atoms with van der Waals surface area (Å²) in [5.41, 5.74) is 3.93. The smallest absolute Gasteiger partial charge is 0.273 e. The topological polar surface area (TPSA) is 115 Å². The van der Waals surface area contributed by atoms with Crippen LogP contribution in [-0.4, -0.2) is 22.8 Å². The van der Waals surface area contributed by atoms with Crippen LogP contribution in [0.3, 0.4) is 0 Å². The molecule has 1 heterocycles. The van der Waals surface area contributed by atoms with Crippen molar-refractivity contribution in [3.05, 3.63) is 87.7 Å². The molecule has 8 nitrogen and oxygen atoms in total. The Balaban J connectivity index is 1.61. The number of carbonyl (C=O) groups is 2. The van der Waals surface area contributed by atoms with Gasteiger partial charge < -0.3 is 4.42 Å². The minimum atomic E-state index is -0.529. The minimum Gasteiger partial charge on any atom is -0.455 e. The molecule has 0 aliphatic rings. The maximum Gasteiger partial charge on any atom is 0.273 e. The molecule has 8 heteroatoms. The second-order valence-corrected chi connectivity index (χ2v) is 6.19. The van der Waals surface area contributed by atoms with Crippen LogP contribution in [0, 0.1) is 10.1 Å². The van der Waals surface area contributed by atoms with Gasteiger partial charge in [0.2, 0.25) is 5.91 Å². The number of nitrogens with zero attached hydrogens (tertiary/aromatic N) is 2. The number of ketones is 1. The maximum atomic E-state index is 12.0. The lowest BCUT2D eigenvalue weighted by molar-refractivity contribution is -0.385. The van der Waals surface area contributed by atoms with Gasteiger partial charge in [0.1, 0.15) is 11.5 Å². The molecule has 146 valence electrons. The first-order chi connectivity index (χ1) is 13.9. The molecule has 0 aliphatic carbocycles. The van der Waals surface area contributed by atoms with E-state index in [2.05, 4.69) is 10.5 Å². The van der Waals surface area contributed by atoms with Crippen molar-refractivity contribution in [2.24, 2.45) is 5.10 Å². The highest BCUT2D eigenvalue weighted by Crippen LogP contribution is 2.22. The quantitative estimate of drug-likeness (QED) is 0.285. The van der Waals surface area contributed by atoms with Crippen LogP contribution in [0.2, 0.25) is 0 Å². The molecule has 2 aromatic carbocycles. The summed E-state index contributed by atoms with van der Waals surface area (Å²) < 4.78 is 5.65. The van der Waals surface area contributed by atoms with Gasteiger partial charge in [-0.2, -0.15) is 5.10 Å². The van der Waals surface area contributed by atoms with Crippen LogP contribution in [-0.2, 0) is 11.2 Å². The molecule has 0 spiro atoms. The van der Waals surface area contributed by atoms with Crippen LogP contribution in [0.15, 0.2) is 70.2 Å². The van der Waals surface area contributed by atoms with Crippen LogP contribution >= 0.6 is 0 Å². The lowest BCUT2D eigenvalue weighted by Crippen LogP contribution is -2.20. The lowest BCUT2D eigenvalue weighted by Gasteiger charge is -2.01. The number of amides is 1. The number of furan rings is 1. The number of hydrogen-bond acceptors (Lipinski definition) is 6. The summed E-state index contributed by atoms with van der Waals surface area (Å²) in [6, 6.07) is 16.5. The highest BCUT2D eigenvalue weighted by atomic mass is 16.6. The highest BCUT2D eigenvalue weighted by molar-refractivity contribution is 5.94. The van der Waals surface area contributed by atoms with Crippen LogP contribution in [0.25, 0.3) is 11.3 Å². The van der Waals surface area contributed by atoms with Crippen LogP contribution < -0.4 is 5.43 Å². The molecule has 1 aromatic heterocycles. The van der Waals surface area contributed by atoms with Crippen LogP contribution in [0.4, 0.5) is 5.69 Å². The first-order valence-electron chi connectivity index (χ1n) is 8.69. The average molecular weight is 391 g/mol. The fourth-order valence-corrected chi connectivity index (χ4v) is 2.67. The van der Waals surface area contributed by atoms with Gasteiger partial charge in [-0.05, 0) is 19.1 Å². The summed E-state index contributed by atoms with van der Waals surface area (Å²) >= 11 is 0. The van der Waals surface area contributed by atoms with Gasteiger partial charge in [-0.3, -0.25) is 19.7 Å². The van der Waals surface area contributed by atoms with Gasteiger partial charge in [0.05, 0.1) is 17.6 Å². The third-order valence-electron chi connectivity index (χ3n) is 4.12. The molecule has 29 heavy (non-hydrogen) atoms. The van der Waals surface area contributed by atoms with Gasteiger partial charge in [-0.15, -0.1) is 0 Å². The third-order valence-corrected chi connectivity index (χ3v) is 4.12. The van der Waals surface area contributed by atoms with E-state index in [1.807, 2.05) is 0 Å². The van der Waals surface area contributed by atoms with E-state index in [0.29, 0.717) is 22.6 Å². The number of nitro groups is 1. The molecule has 0 saturated carbocycles. The zero-order chi connectivity index (χ0) is 20.8. The average Bonchev–Trinajstić information content (AvgIpc) is 3.17. The Morgan fingerprint density at radius 2 is 1.83 bits per heavy atom. The zero-order valence-electron chi connectivity index (χ0n) is 15.5. The Labute approximate surface area is 166 Å². The Morgan fingerprint density at radius 1 is 1.10 bits per heavy atom. The summed E-state index contributed by atoms with van der Waals surface area (Å²) in [6.45, 7) is 1.50. The highest BCUT2D eigenvalue weighted by Gasteiger charge is 2.15. The van der Waals surface area contributed by atoms with Crippen molar-refractivity contribution in [3.8, 4) is 11.3 Å². The van der Waals surface area contributed by atoms with E-state index < -0.39 is 10.8 Å². The second-order valence-electron chi connectivity index (χ2n) is 6.19. The van der Waals surface area contributed by atoms with Crippen molar-refractivity contribution < 1.29 is 18.9 Å². The number of nitrogens with one attached hydrogen (secondary N) is 1. The van der Waals surface area contributed by atoms with E-state index in [4.69, 9.17) is 4.42 Å². The number of nitro benzene ring substituents is 1. The van der Waals surface area contributed by atoms with E-state index >= 15 is 0 Å². The van der Waals surface area contributed by atoms with Gasteiger partial charge in [-0.1, -0.05) is 42.5 Å². The van der Waals surface area contributed by atoms with Gasteiger partial charge in [0.25, 0.3) is 5.69 Å². The van der Waals surface area contributed by atoms with Crippen molar-refractivity contribution in [2.75, 3.05) is 0 Å². The number of hydrogen-bond donors (Lipinski definition) is 1. The monoisotopic (exact) mass is 391 g/mol. The number of benzene rings is 2. The summed E-state index contributed by atoms with van der Waals surface area (Å²) in [4.78, 5) is 33.8. The largest absolute Gasteiger partial charge is 0.455 e. The number of carbonyl (C=O) groups excluding carboxylic acids is 2. The van der Waals surface area contributed by atoms with Crippen molar-refractivity contribution in [1.82, 2.24) is 5.43 Å². The second kappa shape index (κ2) is 8.75. The van der Waals surface area contributed by atoms with E-state index in [9.17, 15) is 19.7 Å². The third kappa shape index (κ3) is 5.01. The van der Waals surface area contributed by atoms with E-state index in [0.717, 1.165) is 5.56 Å². The number of para-hydroxylation sites is 1. The molecule has 0 atom stereocenters. The summed E-state index contributed by atoms with van der Waals surface area (Å²) in [7, 11) is 0. The first-order valence-corrected chi connectivity index (χ1v) is 8.69. The Morgan fingerprint density at radius 3 is 2.52 bits per heavy atom. The number of hydrazone groups is 1. The van der Waals surface area contributed by atoms with Crippen molar-refractivity contribution >= 4 is 23.6 Å². The molecule has 0 unspecified atom stereocenters. The van der Waals surface area contributed by atoms with E-state index in [1.54, 1.807) is 48.5 Å². The van der Waals surface area contributed by atoms with Gasteiger partial charge in [0.15, 0.2) is 5.78 Å². The van der Waals surface area contributed by atoms with Crippen molar-refractivity contribution in [2.45, 2.75) is 13.3 Å². The number of rotatable bonds is 7. The zero-order valence-corrected chi connectivity index (χ0v) is 15.5. The molecule has 1 amide bonds. The number of Topliss-reactive ketones (excluding diaryl/α,β-unsaturated/α-hetero) is 1. The fraction of sp³-hybridized carbons (Fsp3) is 0.0952. The minimum absolute atomic E-state index is 0.0135.